The molecule has 0 amide bonds. The highest BCUT2D eigenvalue weighted by Crippen LogP contribution is 2.32. The Balaban J connectivity index is 0.000000286. The Kier molecular flexibility index (Phi) is 10.9. The lowest BCUT2D eigenvalue weighted by Gasteiger charge is -2.32. The summed E-state index contributed by atoms with van der Waals surface area (Å²) in [6, 6.07) is 8.39. The van der Waals surface area contributed by atoms with Crippen molar-refractivity contribution in [3.63, 3.8) is 0 Å². The molecule has 206 valence electrons. The molecule has 0 radical (unpaired) electrons. The molecule has 0 aromatic carbocycles. The molecule has 37 heavy (non-hydrogen) atoms. The van der Waals surface area contributed by atoms with Crippen LogP contribution in [0.2, 0.25) is 0 Å². The number of alkyl halides is 6. The Morgan fingerprint density at radius 3 is 2.16 bits per heavy atom. The first kappa shape index (κ1) is 30.1. The van der Waals surface area contributed by atoms with Crippen LogP contribution in [0.15, 0.2) is 47.3 Å². The van der Waals surface area contributed by atoms with Crippen molar-refractivity contribution in [1.82, 2.24) is 9.88 Å². The maximum atomic E-state index is 10.6. The molecular formula is C22H24F6N2O7. The van der Waals surface area contributed by atoms with Gasteiger partial charge >= 0.3 is 24.3 Å². The molecule has 4 heterocycles. The number of aromatic nitrogens is 1. The van der Waals surface area contributed by atoms with E-state index in [1.165, 1.54) is 6.42 Å². The molecule has 2 saturated heterocycles. The van der Waals surface area contributed by atoms with Gasteiger partial charge in [-0.05, 0) is 42.7 Å². The van der Waals surface area contributed by atoms with Crippen LogP contribution < -0.4 is 0 Å². The Bertz CT molecular complexity index is 946. The van der Waals surface area contributed by atoms with Gasteiger partial charge in [-0.3, -0.25) is 9.88 Å². The summed E-state index contributed by atoms with van der Waals surface area (Å²) < 4.78 is 81.2. The standard InChI is InChI=1S/C18H22N2O3.2C2HF3O2/c1-3-15(21-9-1)11-20-12-17(18-16(20)4-2-10-22-18)23-13-14-5-7-19-8-6-14;2*3-2(4,5)1(6)7/h1,3,5-9,16-18H,2,4,10-13H2;2*(H,6,7)/t16-,17-,18+;;/m1../s1. The van der Waals surface area contributed by atoms with Gasteiger partial charge in [-0.25, -0.2) is 9.59 Å². The summed E-state index contributed by atoms with van der Waals surface area (Å²) in [7, 11) is 0. The van der Waals surface area contributed by atoms with Crippen LogP contribution in [0.5, 0.6) is 0 Å². The lowest BCUT2D eigenvalue weighted by atomic mass is 10.0. The van der Waals surface area contributed by atoms with Gasteiger partial charge in [0.15, 0.2) is 0 Å². The lowest BCUT2D eigenvalue weighted by Crippen LogP contribution is -2.41. The van der Waals surface area contributed by atoms with Gasteiger partial charge in [0.25, 0.3) is 0 Å². The quantitative estimate of drug-likeness (QED) is 0.542. The van der Waals surface area contributed by atoms with Gasteiger partial charge in [-0.2, -0.15) is 26.3 Å². The number of fused-ring (bicyclic) bond motifs is 1. The summed E-state index contributed by atoms with van der Waals surface area (Å²) in [4.78, 5) is 24.3. The van der Waals surface area contributed by atoms with Gasteiger partial charge in [0.05, 0.1) is 25.5 Å². The third-order valence-electron chi connectivity index (χ3n) is 5.22. The minimum absolute atomic E-state index is 0.114. The fourth-order valence-corrected chi connectivity index (χ4v) is 3.62. The molecule has 0 unspecified atom stereocenters. The summed E-state index contributed by atoms with van der Waals surface area (Å²) in [5.74, 6) is -4.51. The smallest absolute Gasteiger partial charge is 0.475 e. The SMILES string of the molecule is O=C(O)C(F)(F)F.O=C(O)C(F)(F)F.c1coc(CN2C[C@@H](OCc3ccncc3)[C@H]3OCCC[C@H]32)c1. The van der Waals surface area contributed by atoms with Crippen LogP contribution in [-0.2, 0) is 32.2 Å². The minimum Gasteiger partial charge on any atom is -0.475 e. The van der Waals surface area contributed by atoms with Crippen LogP contribution in [0.3, 0.4) is 0 Å². The average molecular weight is 542 g/mol. The van der Waals surface area contributed by atoms with E-state index in [1.807, 2.05) is 24.3 Å². The highest BCUT2D eigenvalue weighted by molar-refractivity contribution is 5.73. The molecule has 2 N–H and O–H groups in total. The summed E-state index contributed by atoms with van der Waals surface area (Å²) >= 11 is 0. The summed E-state index contributed by atoms with van der Waals surface area (Å²) in [5, 5.41) is 14.2. The molecule has 2 fully saturated rings. The molecule has 4 rings (SSSR count). The Labute approximate surface area is 206 Å². The number of likely N-dealkylation sites (tertiary alicyclic amines) is 1. The second-order valence-electron chi connectivity index (χ2n) is 7.86. The molecule has 9 nitrogen and oxygen atoms in total. The van der Waals surface area contributed by atoms with Crippen LogP contribution >= 0.6 is 0 Å². The summed E-state index contributed by atoms with van der Waals surface area (Å²) in [6.07, 6.45) is -2.26. The molecule has 0 aliphatic carbocycles. The number of carbonyl (C=O) groups is 2. The topological polar surface area (TPSA) is 122 Å². The summed E-state index contributed by atoms with van der Waals surface area (Å²) in [6.45, 7) is 3.16. The number of ether oxygens (including phenoxy) is 2. The number of carboxylic acid groups (broad SMARTS) is 2. The van der Waals surface area contributed by atoms with Crippen molar-refractivity contribution in [2.24, 2.45) is 0 Å². The summed E-state index contributed by atoms with van der Waals surface area (Å²) in [5.41, 5.74) is 1.15. The number of pyridine rings is 1. The van der Waals surface area contributed by atoms with Gasteiger partial charge < -0.3 is 24.1 Å². The minimum atomic E-state index is -5.08. The number of carboxylic acids is 2. The van der Waals surface area contributed by atoms with Gasteiger partial charge in [0.1, 0.15) is 11.9 Å². The maximum Gasteiger partial charge on any atom is 0.490 e. The zero-order valence-electron chi connectivity index (χ0n) is 19.1. The molecule has 3 atom stereocenters. The normalized spacial score (nSPS) is 21.6. The van der Waals surface area contributed by atoms with Crippen LogP contribution in [-0.4, -0.2) is 75.8 Å². The molecule has 0 saturated carbocycles. The van der Waals surface area contributed by atoms with E-state index in [-0.39, 0.29) is 12.2 Å². The van der Waals surface area contributed by atoms with Crippen LogP contribution in [0, 0.1) is 0 Å². The highest BCUT2D eigenvalue weighted by atomic mass is 19.4. The van der Waals surface area contributed by atoms with Crippen molar-refractivity contribution in [3.05, 3.63) is 54.2 Å². The van der Waals surface area contributed by atoms with Gasteiger partial charge in [-0.1, -0.05) is 0 Å². The molecule has 2 aromatic rings. The van der Waals surface area contributed by atoms with Gasteiger partial charge in [-0.15, -0.1) is 0 Å². The van der Waals surface area contributed by atoms with Crippen molar-refractivity contribution in [2.45, 2.75) is 56.6 Å². The Morgan fingerprint density at radius 1 is 1.05 bits per heavy atom. The zero-order valence-corrected chi connectivity index (χ0v) is 19.1. The van der Waals surface area contributed by atoms with Gasteiger partial charge in [0, 0.05) is 31.6 Å². The van der Waals surface area contributed by atoms with E-state index in [0.29, 0.717) is 12.6 Å². The van der Waals surface area contributed by atoms with Crippen LogP contribution in [0.4, 0.5) is 26.3 Å². The molecule has 15 heteroatoms. The first-order valence-corrected chi connectivity index (χ1v) is 10.8. The van der Waals surface area contributed by atoms with E-state index in [1.54, 1.807) is 18.7 Å². The molecule has 0 spiro atoms. The van der Waals surface area contributed by atoms with Crippen molar-refractivity contribution < 1.29 is 60.0 Å². The van der Waals surface area contributed by atoms with E-state index in [9.17, 15) is 26.3 Å². The maximum absolute atomic E-state index is 10.6. The van der Waals surface area contributed by atoms with Gasteiger partial charge in [0.2, 0.25) is 0 Å². The molecule has 2 aliphatic heterocycles. The second-order valence-corrected chi connectivity index (χ2v) is 7.86. The number of aliphatic carboxylic acids is 2. The number of furan rings is 1. The molecular weight excluding hydrogens is 518 g/mol. The second kappa shape index (κ2) is 13.4. The van der Waals surface area contributed by atoms with Crippen molar-refractivity contribution in [1.29, 1.82) is 0 Å². The van der Waals surface area contributed by atoms with E-state index in [2.05, 4.69) is 9.88 Å². The number of halogens is 6. The number of rotatable bonds is 5. The molecule has 2 aromatic heterocycles. The fraction of sp³-hybridized carbons (Fsp3) is 0.500. The first-order valence-electron chi connectivity index (χ1n) is 10.8. The number of hydrogen-bond acceptors (Lipinski definition) is 7. The van der Waals surface area contributed by atoms with Crippen LogP contribution in [0.1, 0.15) is 24.2 Å². The Hall–Kier alpha value is -3.17. The molecule has 0 bridgehead atoms. The zero-order chi connectivity index (χ0) is 27.6. The Morgan fingerprint density at radius 2 is 1.65 bits per heavy atom. The monoisotopic (exact) mass is 542 g/mol. The third kappa shape index (κ3) is 10.0. The third-order valence-corrected chi connectivity index (χ3v) is 5.22. The van der Waals surface area contributed by atoms with Crippen molar-refractivity contribution in [2.75, 3.05) is 13.2 Å². The predicted octanol–water partition coefficient (Wildman–Crippen LogP) is 3.89. The largest absolute Gasteiger partial charge is 0.490 e. The average Bonchev–Trinajstić information content (AvgIpc) is 3.46. The van der Waals surface area contributed by atoms with Crippen LogP contribution in [0.25, 0.3) is 0 Å². The molecule has 2 aliphatic rings. The fourth-order valence-electron chi connectivity index (χ4n) is 3.62. The first-order chi connectivity index (χ1) is 17.3. The van der Waals surface area contributed by atoms with E-state index >= 15 is 0 Å². The highest BCUT2D eigenvalue weighted by Gasteiger charge is 2.44. The van der Waals surface area contributed by atoms with Crippen molar-refractivity contribution in [3.8, 4) is 0 Å². The lowest BCUT2D eigenvalue weighted by molar-refractivity contribution is -0.193. The number of hydrogen-bond donors (Lipinski definition) is 2. The van der Waals surface area contributed by atoms with E-state index in [4.69, 9.17) is 33.7 Å². The van der Waals surface area contributed by atoms with Crippen molar-refractivity contribution >= 4 is 11.9 Å². The van der Waals surface area contributed by atoms with E-state index < -0.39 is 24.3 Å². The van der Waals surface area contributed by atoms with E-state index in [0.717, 1.165) is 37.4 Å². The predicted molar refractivity (Wildman–Crippen MR) is 112 cm³/mol. The number of nitrogens with zero attached hydrogens (tertiary/aromatic N) is 2.